The first-order valence-corrected chi connectivity index (χ1v) is 6.66. The van der Waals surface area contributed by atoms with Gasteiger partial charge in [-0.25, -0.2) is 4.39 Å². The van der Waals surface area contributed by atoms with Crippen molar-refractivity contribution in [1.82, 2.24) is 5.32 Å². The van der Waals surface area contributed by atoms with Crippen LogP contribution in [0.4, 0.5) is 4.39 Å². The molecule has 0 amide bonds. The van der Waals surface area contributed by atoms with Crippen LogP contribution in [0.3, 0.4) is 0 Å². The normalized spacial score (nSPS) is 12.8. The molecule has 1 atom stereocenters. The van der Waals surface area contributed by atoms with Gasteiger partial charge in [0.15, 0.2) is 0 Å². The van der Waals surface area contributed by atoms with E-state index in [-0.39, 0.29) is 11.9 Å². The third-order valence-electron chi connectivity index (χ3n) is 2.81. The molecule has 0 fully saturated rings. The van der Waals surface area contributed by atoms with Gasteiger partial charge in [-0.05, 0) is 49.6 Å². The zero-order valence-electron chi connectivity index (χ0n) is 11.8. The van der Waals surface area contributed by atoms with E-state index in [2.05, 4.69) is 26.1 Å². The zero-order chi connectivity index (χ0) is 13.5. The molecule has 1 N–H and O–H groups in total. The van der Waals surface area contributed by atoms with Crippen LogP contribution in [-0.2, 0) is 0 Å². The molecule has 2 nitrogen and oxygen atoms in total. The number of benzene rings is 1. The second kappa shape index (κ2) is 7.37. The van der Waals surface area contributed by atoms with Crippen molar-refractivity contribution in [3.05, 3.63) is 29.6 Å². The Morgan fingerprint density at radius 2 is 2.00 bits per heavy atom. The van der Waals surface area contributed by atoms with Crippen LogP contribution in [-0.4, -0.2) is 19.2 Å². The van der Waals surface area contributed by atoms with Crippen LogP contribution < -0.4 is 10.1 Å². The van der Waals surface area contributed by atoms with Crippen molar-refractivity contribution < 1.29 is 9.13 Å². The lowest BCUT2D eigenvalue weighted by atomic mass is 10.2. The summed E-state index contributed by atoms with van der Waals surface area (Å²) in [4.78, 5) is 0. The Morgan fingerprint density at radius 3 is 2.56 bits per heavy atom. The summed E-state index contributed by atoms with van der Waals surface area (Å²) < 4.78 is 18.9. The molecule has 0 aliphatic carbocycles. The summed E-state index contributed by atoms with van der Waals surface area (Å²) in [6.45, 7) is 10.1. The predicted octanol–water partition coefficient (Wildman–Crippen LogP) is 3.54. The van der Waals surface area contributed by atoms with Gasteiger partial charge in [-0.2, -0.15) is 0 Å². The highest BCUT2D eigenvalue weighted by Gasteiger charge is 2.10. The molecule has 3 heteroatoms. The van der Waals surface area contributed by atoms with Gasteiger partial charge >= 0.3 is 0 Å². The van der Waals surface area contributed by atoms with Crippen molar-refractivity contribution in [2.75, 3.05) is 13.1 Å². The van der Waals surface area contributed by atoms with Gasteiger partial charge in [0, 0.05) is 6.54 Å². The molecule has 102 valence electrons. The zero-order valence-corrected chi connectivity index (χ0v) is 11.8. The number of hydrogen-bond donors (Lipinski definition) is 1. The third-order valence-corrected chi connectivity index (χ3v) is 2.81. The maximum absolute atomic E-state index is 13.0. The van der Waals surface area contributed by atoms with E-state index in [1.807, 2.05) is 6.92 Å². The summed E-state index contributed by atoms with van der Waals surface area (Å²) >= 11 is 0. The molecular formula is C15H24FNO. The lowest BCUT2D eigenvalue weighted by molar-refractivity contribution is 0.190. The molecule has 1 aromatic carbocycles. The first-order valence-electron chi connectivity index (χ1n) is 6.66. The quantitative estimate of drug-likeness (QED) is 0.802. The highest BCUT2D eigenvalue weighted by molar-refractivity contribution is 5.32. The van der Waals surface area contributed by atoms with E-state index in [0.717, 1.165) is 30.8 Å². The molecule has 0 spiro atoms. The average molecular weight is 253 g/mol. The topological polar surface area (TPSA) is 21.3 Å². The summed E-state index contributed by atoms with van der Waals surface area (Å²) in [5, 5.41) is 3.39. The number of nitrogens with one attached hydrogen (secondary N) is 1. The number of hydrogen-bond acceptors (Lipinski definition) is 2. The summed E-state index contributed by atoms with van der Waals surface area (Å²) in [5.74, 6) is 1.19. The van der Waals surface area contributed by atoms with Crippen molar-refractivity contribution in [2.24, 2.45) is 5.92 Å². The summed E-state index contributed by atoms with van der Waals surface area (Å²) in [6.07, 6.45) is 1.06. The Labute approximate surface area is 110 Å². The van der Waals surface area contributed by atoms with Crippen molar-refractivity contribution in [3.63, 3.8) is 0 Å². The van der Waals surface area contributed by atoms with Crippen LogP contribution >= 0.6 is 0 Å². The molecule has 0 radical (unpaired) electrons. The Morgan fingerprint density at radius 1 is 1.28 bits per heavy atom. The molecule has 1 rings (SSSR count). The molecule has 0 saturated heterocycles. The fraction of sp³-hybridized carbons (Fsp3) is 0.600. The lowest BCUT2D eigenvalue weighted by Crippen LogP contribution is -2.33. The van der Waals surface area contributed by atoms with Gasteiger partial charge in [0.05, 0.1) is 0 Å². The van der Waals surface area contributed by atoms with Crippen LogP contribution in [0.25, 0.3) is 0 Å². The minimum Gasteiger partial charge on any atom is -0.489 e. The minimum atomic E-state index is -0.217. The molecule has 0 heterocycles. The Kier molecular flexibility index (Phi) is 6.13. The second-order valence-corrected chi connectivity index (χ2v) is 5.11. The van der Waals surface area contributed by atoms with E-state index in [0.29, 0.717) is 5.92 Å². The highest BCUT2D eigenvalue weighted by Crippen LogP contribution is 2.20. The van der Waals surface area contributed by atoms with Gasteiger partial charge in [0.1, 0.15) is 17.7 Å². The van der Waals surface area contributed by atoms with Crippen molar-refractivity contribution in [3.8, 4) is 5.75 Å². The standard InChI is InChI=1S/C15H24FNO/c1-5-14(10-17-9-11(2)3)18-15-7-6-13(16)8-12(15)4/h6-8,11,14,17H,5,9-10H2,1-4H3. The van der Waals surface area contributed by atoms with Gasteiger partial charge in [-0.15, -0.1) is 0 Å². The number of rotatable bonds is 7. The third kappa shape index (κ3) is 5.05. The lowest BCUT2D eigenvalue weighted by Gasteiger charge is -2.20. The monoisotopic (exact) mass is 253 g/mol. The number of ether oxygens (including phenoxy) is 1. The molecule has 0 aromatic heterocycles. The van der Waals surface area contributed by atoms with Crippen molar-refractivity contribution >= 4 is 0 Å². The van der Waals surface area contributed by atoms with E-state index < -0.39 is 0 Å². The molecule has 1 aromatic rings. The maximum atomic E-state index is 13.0. The van der Waals surface area contributed by atoms with Crippen LogP contribution in [0.2, 0.25) is 0 Å². The Balaban J connectivity index is 2.51. The summed E-state index contributed by atoms with van der Waals surface area (Å²) in [7, 11) is 0. The summed E-state index contributed by atoms with van der Waals surface area (Å²) in [6, 6.07) is 4.65. The Hall–Kier alpha value is -1.09. The first-order chi connectivity index (χ1) is 8.52. The molecule has 0 bridgehead atoms. The molecule has 18 heavy (non-hydrogen) atoms. The van der Waals surface area contributed by atoms with E-state index in [9.17, 15) is 4.39 Å². The van der Waals surface area contributed by atoms with E-state index in [1.165, 1.54) is 12.1 Å². The Bertz CT molecular complexity index is 366. The second-order valence-electron chi connectivity index (χ2n) is 5.11. The SMILES string of the molecule is CCC(CNCC(C)C)Oc1ccc(F)cc1C. The fourth-order valence-corrected chi connectivity index (χ4v) is 1.73. The van der Waals surface area contributed by atoms with Crippen LogP contribution in [0.5, 0.6) is 5.75 Å². The molecule has 0 aliphatic heterocycles. The van der Waals surface area contributed by atoms with Crippen LogP contribution in [0.15, 0.2) is 18.2 Å². The smallest absolute Gasteiger partial charge is 0.123 e. The van der Waals surface area contributed by atoms with E-state index in [1.54, 1.807) is 6.07 Å². The van der Waals surface area contributed by atoms with Crippen LogP contribution in [0, 0.1) is 18.7 Å². The minimum absolute atomic E-state index is 0.132. The molecular weight excluding hydrogens is 229 g/mol. The maximum Gasteiger partial charge on any atom is 0.123 e. The van der Waals surface area contributed by atoms with Crippen molar-refractivity contribution in [1.29, 1.82) is 0 Å². The predicted molar refractivity (Wildman–Crippen MR) is 73.6 cm³/mol. The molecule has 0 saturated carbocycles. The van der Waals surface area contributed by atoms with Gasteiger partial charge in [-0.1, -0.05) is 20.8 Å². The first kappa shape index (κ1) is 15.0. The largest absolute Gasteiger partial charge is 0.489 e. The van der Waals surface area contributed by atoms with Crippen LogP contribution in [0.1, 0.15) is 32.8 Å². The summed E-state index contributed by atoms with van der Waals surface area (Å²) in [5.41, 5.74) is 0.845. The van der Waals surface area contributed by atoms with Crippen molar-refractivity contribution in [2.45, 2.75) is 40.2 Å². The molecule has 0 aliphatic rings. The van der Waals surface area contributed by atoms with E-state index >= 15 is 0 Å². The van der Waals surface area contributed by atoms with Gasteiger partial charge < -0.3 is 10.1 Å². The van der Waals surface area contributed by atoms with Gasteiger partial charge in [0.2, 0.25) is 0 Å². The van der Waals surface area contributed by atoms with E-state index in [4.69, 9.17) is 4.74 Å². The number of aryl methyl sites for hydroxylation is 1. The highest BCUT2D eigenvalue weighted by atomic mass is 19.1. The number of halogens is 1. The molecule has 1 unspecified atom stereocenters. The van der Waals surface area contributed by atoms with Gasteiger partial charge in [0.25, 0.3) is 0 Å². The fourth-order valence-electron chi connectivity index (χ4n) is 1.73. The average Bonchev–Trinajstić information content (AvgIpc) is 2.30. The van der Waals surface area contributed by atoms with Gasteiger partial charge in [-0.3, -0.25) is 0 Å².